The Morgan fingerprint density at radius 3 is 2.59 bits per heavy atom. The van der Waals surface area contributed by atoms with E-state index in [4.69, 9.17) is 9.84 Å². The molecule has 29 heavy (non-hydrogen) atoms. The van der Waals surface area contributed by atoms with Crippen LogP contribution in [0.1, 0.15) is 54.9 Å². The Kier molecular flexibility index (Phi) is 7.43. The molecule has 156 valence electrons. The summed E-state index contributed by atoms with van der Waals surface area (Å²) < 4.78 is 4.91. The van der Waals surface area contributed by atoms with E-state index >= 15 is 0 Å². The van der Waals surface area contributed by atoms with Crippen LogP contribution in [0.25, 0.3) is 0 Å². The average molecular weight is 399 g/mol. The number of aliphatic hydroxyl groups is 2. The second-order valence-electron chi connectivity index (χ2n) is 8.24. The predicted octanol–water partition coefficient (Wildman–Crippen LogP) is 2.63. The third kappa shape index (κ3) is 5.58. The van der Waals surface area contributed by atoms with Gasteiger partial charge in [0, 0.05) is 12.3 Å². The van der Waals surface area contributed by atoms with Crippen molar-refractivity contribution >= 4 is 5.97 Å². The molecular formula is C23H29NO5. The lowest BCUT2D eigenvalue weighted by atomic mass is 9.79. The summed E-state index contributed by atoms with van der Waals surface area (Å²) in [5.41, 5.74) is 2.74. The number of hydrogen-bond donors (Lipinski definition) is 3. The van der Waals surface area contributed by atoms with E-state index in [2.05, 4.69) is 17.9 Å². The molecule has 2 unspecified atom stereocenters. The van der Waals surface area contributed by atoms with Gasteiger partial charge in [0.1, 0.15) is 13.2 Å². The van der Waals surface area contributed by atoms with Gasteiger partial charge in [0.15, 0.2) is 0 Å². The summed E-state index contributed by atoms with van der Waals surface area (Å²) in [5, 5.41) is 39.4. The highest BCUT2D eigenvalue weighted by molar-refractivity contribution is 5.68. The van der Waals surface area contributed by atoms with Gasteiger partial charge in [-0.25, -0.2) is 4.79 Å². The molecule has 1 aliphatic rings. The summed E-state index contributed by atoms with van der Waals surface area (Å²) in [6.07, 6.45) is 0.126. The molecule has 0 amide bonds. The van der Waals surface area contributed by atoms with Crippen LogP contribution in [-0.2, 0) is 15.1 Å². The van der Waals surface area contributed by atoms with Gasteiger partial charge in [-0.1, -0.05) is 18.1 Å². The molecule has 1 aromatic rings. The van der Waals surface area contributed by atoms with E-state index in [-0.39, 0.29) is 24.4 Å². The lowest BCUT2D eigenvalue weighted by molar-refractivity contribution is -0.141. The van der Waals surface area contributed by atoms with E-state index in [0.29, 0.717) is 12.8 Å². The normalized spacial score (nSPS) is 23.9. The molecule has 0 heterocycles. The van der Waals surface area contributed by atoms with Gasteiger partial charge in [-0.15, -0.1) is 5.92 Å². The van der Waals surface area contributed by atoms with E-state index in [9.17, 15) is 20.3 Å². The van der Waals surface area contributed by atoms with Crippen molar-refractivity contribution in [3.63, 3.8) is 0 Å². The second-order valence-corrected chi connectivity index (χ2v) is 8.24. The summed E-state index contributed by atoms with van der Waals surface area (Å²) in [5.74, 6) is 3.99. The number of carboxylic acid groups (broad SMARTS) is 1. The molecule has 6 heteroatoms. The molecule has 0 aromatic heterocycles. The number of nitrogens with zero attached hydrogens (tertiary/aromatic N) is 1. The van der Waals surface area contributed by atoms with Crippen LogP contribution >= 0.6 is 0 Å². The Balaban J connectivity index is 2.30. The van der Waals surface area contributed by atoms with Crippen molar-refractivity contribution in [1.82, 2.24) is 0 Å². The Morgan fingerprint density at radius 1 is 1.31 bits per heavy atom. The first-order valence-electron chi connectivity index (χ1n) is 9.73. The lowest BCUT2D eigenvalue weighted by Gasteiger charge is -2.27. The first-order chi connectivity index (χ1) is 13.6. The summed E-state index contributed by atoms with van der Waals surface area (Å²) in [7, 11) is 0. The summed E-state index contributed by atoms with van der Waals surface area (Å²) in [4.78, 5) is 10.5. The highest BCUT2D eigenvalue weighted by Gasteiger charge is 2.43. The van der Waals surface area contributed by atoms with E-state index in [1.807, 2.05) is 26.0 Å². The van der Waals surface area contributed by atoms with Crippen LogP contribution < -0.4 is 0 Å². The molecule has 6 nitrogen and oxygen atoms in total. The average Bonchev–Trinajstić information content (AvgIpc) is 2.94. The number of aliphatic carboxylic acids is 1. The van der Waals surface area contributed by atoms with E-state index in [0.717, 1.165) is 22.3 Å². The van der Waals surface area contributed by atoms with Crippen molar-refractivity contribution in [3.8, 4) is 17.9 Å². The summed E-state index contributed by atoms with van der Waals surface area (Å²) in [6, 6.07) is 6.26. The minimum absolute atomic E-state index is 0.00987. The quantitative estimate of drug-likeness (QED) is 0.501. The van der Waals surface area contributed by atoms with E-state index in [1.54, 1.807) is 13.8 Å². The summed E-state index contributed by atoms with van der Waals surface area (Å²) in [6.45, 7) is 7.03. The zero-order valence-electron chi connectivity index (χ0n) is 17.4. The van der Waals surface area contributed by atoms with Gasteiger partial charge in [0.05, 0.1) is 23.7 Å². The number of ether oxygens (including phenoxy) is 1. The van der Waals surface area contributed by atoms with Crippen molar-refractivity contribution in [2.45, 2.75) is 58.2 Å². The maximum atomic E-state index is 10.7. The fraction of sp³-hybridized carbons (Fsp3) is 0.565. The fourth-order valence-electron chi connectivity index (χ4n) is 4.15. The molecule has 1 saturated carbocycles. The topological polar surface area (TPSA) is 111 Å². The Bertz CT molecular complexity index is 853. The maximum Gasteiger partial charge on any atom is 0.329 e. The lowest BCUT2D eigenvalue weighted by Crippen LogP contribution is -2.22. The van der Waals surface area contributed by atoms with Crippen molar-refractivity contribution in [2.24, 2.45) is 11.8 Å². The number of carboxylic acids is 1. The highest BCUT2D eigenvalue weighted by atomic mass is 16.5. The largest absolute Gasteiger partial charge is 0.480 e. The van der Waals surface area contributed by atoms with Crippen molar-refractivity contribution < 1.29 is 24.9 Å². The van der Waals surface area contributed by atoms with Crippen LogP contribution in [0.4, 0.5) is 0 Å². The number of nitriles is 1. The zero-order valence-corrected chi connectivity index (χ0v) is 17.4. The minimum atomic E-state index is -1.05. The first kappa shape index (κ1) is 22.9. The van der Waals surface area contributed by atoms with Crippen LogP contribution in [0, 0.1) is 48.9 Å². The molecule has 2 rings (SSSR count). The van der Waals surface area contributed by atoms with Crippen LogP contribution in [0.3, 0.4) is 0 Å². The molecule has 1 aromatic carbocycles. The standard InChI is InChI=1S/C23H29NO5/c1-14-9-16(10-19(15(14)2)23(3,4)28)22-18(17(12-24)11-20(22)25)7-5-6-8-29-13-21(26)27/h9-10,17-18,20,22,25,28H,7-8,11,13H2,1-4H3,(H,26,27)/t17-,18?,20+,22?/m0/s1. The molecule has 3 N–H and O–H groups in total. The van der Waals surface area contributed by atoms with Gasteiger partial charge in [0.2, 0.25) is 0 Å². The monoisotopic (exact) mass is 399 g/mol. The van der Waals surface area contributed by atoms with Gasteiger partial charge < -0.3 is 20.1 Å². The molecule has 1 fully saturated rings. The van der Waals surface area contributed by atoms with Crippen LogP contribution in [0.15, 0.2) is 12.1 Å². The van der Waals surface area contributed by atoms with Gasteiger partial charge in [-0.3, -0.25) is 0 Å². The molecule has 0 bridgehead atoms. The summed E-state index contributed by atoms with van der Waals surface area (Å²) >= 11 is 0. The van der Waals surface area contributed by atoms with Crippen molar-refractivity contribution in [1.29, 1.82) is 5.26 Å². The van der Waals surface area contributed by atoms with Gasteiger partial charge in [-0.05, 0) is 62.3 Å². The number of benzene rings is 1. The van der Waals surface area contributed by atoms with E-state index < -0.39 is 24.3 Å². The van der Waals surface area contributed by atoms with Crippen LogP contribution in [0.5, 0.6) is 0 Å². The Labute approximate surface area is 172 Å². The third-order valence-electron chi connectivity index (χ3n) is 5.65. The number of carbonyl (C=O) groups is 1. The Morgan fingerprint density at radius 2 is 2.00 bits per heavy atom. The number of aliphatic hydroxyl groups excluding tert-OH is 1. The van der Waals surface area contributed by atoms with Crippen LogP contribution in [0.2, 0.25) is 0 Å². The Hall–Kier alpha value is -2.38. The molecule has 1 aliphatic carbocycles. The molecular weight excluding hydrogens is 370 g/mol. The van der Waals surface area contributed by atoms with E-state index in [1.165, 1.54) is 0 Å². The number of rotatable bonds is 6. The number of aryl methyl sites for hydroxylation is 1. The van der Waals surface area contributed by atoms with Crippen LogP contribution in [-0.4, -0.2) is 40.6 Å². The predicted molar refractivity (Wildman–Crippen MR) is 108 cm³/mol. The molecule has 0 spiro atoms. The minimum Gasteiger partial charge on any atom is -0.480 e. The number of hydrogen-bond acceptors (Lipinski definition) is 5. The molecule has 0 saturated heterocycles. The first-order valence-corrected chi connectivity index (χ1v) is 9.73. The second kappa shape index (κ2) is 9.41. The molecule has 0 radical (unpaired) electrons. The SMILES string of the molecule is Cc1cc(C2C(CC#CCOCC(=O)O)[C@H](C#N)C[C@H]2O)cc(C(C)(C)O)c1C. The zero-order chi connectivity index (χ0) is 21.8. The smallest absolute Gasteiger partial charge is 0.329 e. The van der Waals surface area contributed by atoms with Gasteiger partial charge in [-0.2, -0.15) is 5.26 Å². The third-order valence-corrected chi connectivity index (χ3v) is 5.65. The maximum absolute atomic E-state index is 10.7. The van der Waals surface area contributed by atoms with Crippen molar-refractivity contribution in [3.05, 3.63) is 34.4 Å². The van der Waals surface area contributed by atoms with Gasteiger partial charge >= 0.3 is 5.97 Å². The molecule has 0 aliphatic heterocycles. The van der Waals surface area contributed by atoms with Crippen molar-refractivity contribution in [2.75, 3.05) is 13.2 Å². The fourth-order valence-corrected chi connectivity index (χ4v) is 4.15. The van der Waals surface area contributed by atoms with Gasteiger partial charge in [0.25, 0.3) is 0 Å². The highest BCUT2D eigenvalue weighted by Crippen LogP contribution is 2.46. The molecule has 4 atom stereocenters.